The Morgan fingerprint density at radius 3 is 2.43 bits per heavy atom. The van der Waals surface area contributed by atoms with Crippen LogP contribution in [-0.2, 0) is 6.05 Å². The van der Waals surface area contributed by atoms with Crippen LogP contribution in [0.3, 0.4) is 0 Å². The molecule has 0 spiro atoms. The van der Waals surface area contributed by atoms with Gasteiger partial charge in [-0.25, -0.2) is 9.07 Å². The molecule has 2 aromatic heterocycles. The smallest absolute Gasteiger partial charge is 0.233 e. The third kappa shape index (κ3) is 2.58. The van der Waals surface area contributed by atoms with E-state index in [9.17, 15) is 13.2 Å². The van der Waals surface area contributed by atoms with Crippen molar-refractivity contribution >= 4 is 11.3 Å². The van der Waals surface area contributed by atoms with Crippen LogP contribution in [0.15, 0.2) is 59.6 Å². The first-order chi connectivity index (χ1) is 10.1. The number of aromatic nitrogens is 2. The molecule has 0 saturated carbocycles. The molecule has 2 nitrogen and oxygen atoms in total. The summed E-state index contributed by atoms with van der Waals surface area (Å²) in [4.78, 5) is 0. The molecule has 0 fully saturated rings. The van der Waals surface area contributed by atoms with Crippen molar-refractivity contribution < 1.29 is 13.2 Å². The van der Waals surface area contributed by atoms with Gasteiger partial charge >= 0.3 is 6.05 Å². The van der Waals surface area contributed by atoms with Gasteiger partial charge < -0.3 is 0 Å². The van der Waals surface area contributed by atoms with E-state index < -0.39 is 12.2 Å². The van der Waals surface area contributed by atoms with Crippen LogP contribution < -0.4 is 0 Å². The maximum Gasteiger partial charge on any atom is 0.378 e. The van der Waals surface area contributed by atoms with Crippen molar-refractivity contribution in [1.82, 2.24) is 9.78 Å². The van der Waals surface area contributed by atoms with Crippen molar-refractivity contribution in [3.8, 4) is 11.1 Å². The fraction of sp³-hybridized carbons (Fsp3) is 0.133. The predicted octanol–water partition coefficient (Wildman–Crippen LogP) is 4.87. The average molecular weight is 308 g/mol. The van der Waals surface area contributed by atoms with E-state index in [1.165, 1.54) is 24.4 Å². The predicted molar refractivity (Wildman–Crippen MR) is 76.0 cm³/mol. The summed E-state index contributed by atoms with van der Waals surface area (Å²) < 4.78 is 42.4. The summed E-state index contributed by atoms with van der Waals surface area (Å²) in [7, 11) is 0. The van der Waals surface area contributed by atoms with Gasteiger partial charge in [0.15, 0.2) is 0 Å². The molecule has 0 aliphatic carbocycles. The van der Waals surface area contributed by atoms with E-state index in [1.54, 1.807) is 23.5 Å². The number of alkyl halides is 3. The van der Waals surface area contributed by atoms with Crippen molar-refractivity contribution in [2.45, 2.75) is 12.2 Å². The van der Waals surface area contributed by atoms with Crippen LogP contribution in [-0.4, -0.2) is 9.78 Å². The van der Waals surface area contributed by atoms with Gasteiger partial charge in [0.1, 0.15) is 0 Å². The third-order valence-corrected chi connectivity index (χ3v) is 3.86. The number of hydrogen-bond acceptors (Lipinski definition) is 2. The lowest BCUT2D eigenvalue weighted by atomic mass is 10.0. The number of thiophene rings is 1. The normalized spacial score (nSPS) is 13.3. The summed E-state index contributed by atoms with van der Waals surface area (Å²) in [6.07, 6.45) is -0.207. The molecule has 6 heteroatoms. The second-order valence-electron chi connectivity index (χ2n) is 4.53. The van der Waals surface area contributed by atoms with Crippen molar-refractivity contribution in [1.29, 1.82) is 0 Å². The number of hydrogen-bond donors (Lipinski definition) is 0. The lowest BCUT2D eigenvalue weighted by Gasteiger charge is -2.21. The minimum absolute atomic E-state index is 0.0746. The Morgan fingerprint density at radius 2 is 1.86 bits per heavy atom. The van der Waals surface area contributed by atoms with Gasteiger partial charge in [-0.2, -0.15) is 25.2 Å². The van der Waals surface area contributed by atoms with Gasteiger partial charge in [0.2, 0.25) is 6.17 Å². The SMILES string of the molecule is FC(c1ccc(-c2ccsc2)cc1)C(F)(F)n1cccn1. The molecule has 0 aliphatic heterocycles. The molecule has 2 heterocycles. The summed E-state index contributed by atoms with van der Waals surface area (Å²) in [6, 6.07) is 5.59. The Balaban J connectivity index is 1.87. The van der Waals surface area contributed by atoms with Crippen molar-refractivity contribution in [3.05, 3.63) is 65.1 Å². The third-order valence-electron chi connectivity index (χ3n) is 3.17. The molecule has 0 radical (unpaired) electrons. The van der Waals surface area contributed by atoms with E-state index >= 15 is 0 Å². The quantitative estimate of drug-likeness (QED) is 0.672. The molecule has 21 heavy (non-hydrogen) atoms. The molecule has 0 N–H and O–H groups in total. The average Bonchev–Trinajstić information content (AvgIpc) is 3.19. The Hall–Kier alpha value is -2.08. The Labute approximate surface area is 123 Å². The molecule has 1 atom stereocenters. The van der Waals surface area contributed by atoms with Crippen LogP contribution in [0.4, 0.5) is 13.2 Å². The van der Waals surface area contributed by atoms with E-state index in [0.29, 0.717) is 4.68 Å². The highest BCUT2D eigenvalue weighted by Gasteiger charge is 2.43. The minimum atomic E-state index is -3.71. The van der Waals surface area contributed by atoms with E-state index in [2.05, 4.69) is 5.10 Å². The Kier molecular flexibility index (Phi) is 3.55. The van der Waals surface area contributed by atoms with Gasteiger partial charge in [0.25, 0.3) is 0 Å². The number of nitrogens with zero attached hydrogens (tertiary/aromatic N) is 2. The number of halogens is 3. The van der Waals surface area contributed by atoms with E-state index in [4.69, 9.17) is 0 Å². The van der Waals surface area contributed by atoms with Crippen LogP contribution in [0.2, 0.25) is 0 Å². The largest absolute Gasteiger partial charge is 0.378 e. The lowest BCUT2D eigenvalue weighted by Crippen LogP contribution is -2.29. The maximum atomic E-state index is 14.1. The molecule has 0 aliphatic rings. The Morgan fingerprint density at radius 1 is 1.10 bits per heavy atom. The van der Waals surface area contributed by atoms with Gasteiger partial charge in [-0.3, -0.25) is 0 Å². The molecule has 0 bridgehead atoms. The summed E-state index contributed by atoms with van der Waals surface area (Å²) in [5.74, 6) is 0. The highest BCUT2D eigenvalue weighted by Crippen LogP contribution is 2.39. The van der Waals surface area contributed by atoms with Crippen molar-refractivity contribution in [2.75, 3.05) is 0 Å². The van der Waals surface area contributed by atoms with Gasteiger partial charge in [-0.1, -0.05) is 24.3 Å². The second kappa shape index (κ2) is 5.37. The highest BCUT2D eigenvalue weighted by atomic mass is 32.1. The topological polar surface area (TPSA) is 17.8 Å². The molecular formula is C15H11F3N2S. The minimum Gasteiger partial charge on any atom is -0.233 e. The lowest BCUT2D eigenvalue weighted by molar-refractivity contribution is -0.154. The van der Waals surface area contributed by atoms with Gasteiger partial charge in [0, 0.05) is 12.4 Å². The molecule has 0 saturated heterocycles. The number of benzene rings is 1. The monoisotopic (exact) mass is 308 g/mol. The van der Waals surface area contributed by atoms with Gasteiger partial charge in [-0.05, 0) is 39.6 Å². The van der Waals surface area contributed by atoms with E-state index in [-0.39, 0.29) is 5.56 Å². The first-order valence-corrected chi connectivity index (χ1v) is 7.18. The fourth-order valence-corrected chi connectivity index (χ4v) is 2.70. The molecule has 0 amide bonds. The second-order valence-corrected chi connectivity index (χ2v) is 5.32. The van der Waals surface area contributed by atoms with E-state index in [1.807, 2.05) is 16.8 Å². The van der Waals surface area contributed by atoms with Crippen LogP contribution in [0.5, 0.6) is 0 Å². The standard InChI is InChI=1S/C15H11F3N2S/c16-14(15(17,18)20-8-1-7-19-20)12-4-2-11(3-5-12)13-6-9-21-10-13/h1-10,14H. The zero-order valence-corrected chi connectivity index (χ0v) is 11.6. The molecular weight excluding hydrogens is 297 g/mol. The summed E-state index contributed by atoms with van der Waals surface area (Å²) in [6.45, 7) is 0. The number of rotatable bonds is 4. The van der Waals surface area contributed by atoms with Crippen LogP contribution in [0.1, 0.15) is 11.7 Å². The van der Waals surface area contributed by atoms with Crippen LogP contribution >= 0.6 is 11.3 Å². The summed E-state index contributed by atoms with van der Waals surface area (Å²) in [5, 5.41) is 7.29. The van der Waals surface area contributed by atoms with Crippen molar-refractivity contribution in [3.63, 3.8) is 0 Å². The first kappa shape index (κ1) is 13.9. The van der Waals surface area contributed by atoms with E-state index in [0.717, 1.165) is 17.3 Å². The summed E-state index contributed by atoms with van der Waals surface area (Å²) >= 11 is 1.54. The zero-order valence-electron chi connectivity index (χ0n) is 10.8. The molecule has 108 valence electrons. The molecule has 3 rings (SSSR count). The highest BCUT2D eigenvalue weighted by molar-refractivity contribution is 7.08. The molecule has 3 aromatic rings. The van der Waals surface area contributed by atoms with Crippen LogP contribution in [0, 0.1) is 0 Å². The fourth-order valence-electron chi connectivity index (χ4n) is 2.04. The first-order valence-electron chi connectivity index (χ1n) is 6.23. The van der Waals surface area contributed by atoms with Gasteiger partial charge in [0.05, 0.1) is 0 Å². The van der Waals surface area contributed by atoms with Gasteiger partial charge in [-0.15, -0.1) is 0 Å². The van der Waals surface area contributed by atoms with Crippen molar-refractivity contribution in [2.24, 2.45) is 0 Å². The molecule has 1 unspecified atom stereocenters. The van der Waals surface area contributed by atoms with Crippen LogP contribution in [0.25, 0.3) is 11.1 Å². The Bertz CT molecular complexity index is 691. The zero-order chi connectivity index (χ0) is 14.9. The molecule has 1 aromatic carbocycles. The maximum absolute atomic E-state index is 14.1. The summed E-state index contributed by atoms with van der Waals surface area (Å²) in [5.41, 5.74) is 1.78.